The number of hydrogen-bond donors (Lipinski definition) is 1. The first-order valence-electron chi connectivity index (χ1n) is 6.29. The van der Waals surface area contributed by atoms with E-state index < -0.39 is 17.7 Å². The summed E-state index contributed by atoms with van der Waals surface area (Å²) >= 11 is 5.72. The van der Waals surface area contributed by atoms with Gasteiger partial charge < -0.3 is 5.11 Å². The molecule has 1 unspecified atom stereocenters. The molecule has 0 saturated carbocycles. The van der Waals surface area contributed by atoms with Crippen LogP contribution in [0.2, 0.25) is 5.02 Å². The Hall–Kier alpha value is -1.87. The zero-order chi connectivity index (χ0) is 14.5. The fourth-order valence-corrected chi connectivity index (χ4v) is 2.33. The summed E-state index contributed by atoms with van der Waals surface area (Å²) in [5, 5.41) is 9.38. The van der Waals surface area contributed by atoms with Crippen LogP contribution in [-0.4, -0.2) is 11.1 Å². The van der Waals surface area contributed by atoms with Crippen LogP contribution < -0.4 is 0 Å². The van der Waals surface area contributed by atoms with E-state index in [0.29, 0.717) is 12.8 Å². The fourth-order valence-electron chi connectivity index (χ4n) is 2.12. The molecule has 1 atom stereocenters. The third-order valence-electron chi connectivity index (χ3n) is 3.21. The smallest absolute Gasteiger partial charge is 0.310 e. The second kappa shape index (κ2) is 6.53. The topological polar surface area (TPSA) is 37.3 Å². The quantitative estimate of drug-likeness (QED) is 0.893. The molecular weight excluding hydrogens is 279 g/mol. The summed E-state index contributed by atoms with van der Waals surface area (Å²) in [4.78, 5) is 11.4. The monoisotopic (exact) mass is 292 g/mol. The van der Waals surface area contributed by atoms with Crippen LogP contribution in [0.25, 0.3) is 0 Å². The number of aliphatic carboxylic acids is 1. The average Bonchev–Trinajstić information content (AvgIpc) is 2.44. The normalized spacial score (nSPS) is 12.1. The largest absolute Gasteiger partial charge is 0.481 e. The number of carbonyl (C=O) groups is 1. The first-order valence-corrected chi connectivity index (χ1v) is 6.67. The SMILES string of the molecule is O=C(O)C(CCc1ccc(F)c(Cl)c1)c1ccccc1. The molecular formula is C16H14ClFO2. The predicted octanol–water partition coefficient (Wildman–Crippen LogP) is 4.28. The number of benzene rings is 2. The van der Waals surface area contributed by atoms with Gasteiger partial charge in [-0.05, 0) is 36.1 Å². The van der Waals surface area contributed by atoms with Gasteiger partial charge in [-0.2, -0.15) is 0 Å². The van der Waals surface area contributed by atoms with Crippen molar-refractivity contribution in [1.82, 2.24) is 0 Å². The van der Waals surface area contributed by atoms with Crippen molar-refractivity contribution < 1.29 is 14.3 Å². The molecule has 2 nitrogen and oxygen atoms in total. The third-order valence-corrected chi connectivity index (χ3v) is 3.50. The van der Waals surface area contributed by atoms with Gasteiger partial charge in [0.1, 0.15) is 5.82 Å². The van der Waals surface area contributed by atoms with E-state index >= 15 is 0 Å². The summed E-state index contributed by atoms with van der Waals surface area (Å²) < 4.78 is 13.1. The number of carboxylic acid groups (broad SMARTS) is 1. The van der Waals surface area contributed by atoms with Crippen molar-refractivity contribution in [2.45, 2.75) is 18.8 Å². The van der Waals surface area contributed by atoms with Gasteiger partial charge in [-0.1, -0.05) is 48.0 Å². The van der Waals surface area contributed by atoms with E-state index in [2.05, 4.69) is 0 Å². The van der Waals surface area contributed by atoms with Gasteiger partial charge in [0.05, 0.1) is 10.9 Å². The molecule has 4 heteroatoms. The Morgan fingerprint density at radius 2 is 1.90 bits per heavy atom. The van der Waals surface area contributed by atoms with Gasteiger partial charge in [-0.25, -0.2) is 4.39 Å². The molecule has 0 amide bonds. The zero-order valence-corrected chi connectivity index (χ0v) is 11.5. The molecule has 0 aliphatic heterocycles. The molecule has 2 aromatic rings. The Kier molecular flexibility index (Phi) is 4.74. The lowest BCUT2D eigenvalue weighted by Gasteiger charge is -2.12. The Morgan fingerprint density at radius 1 is 1.20 bits per heavy atom. The van der Waals surface area contributed by atoms with Gasteiger partial charge in [-0.15, -0.1) is 0 Å². The van der Waals surface area contributed by atoms with E-state index in [4.69, 9.17) is 11.6 Å². The number of carboxylic acids is 1. The third kappa shape index (κ3) is 3.58. The molecule has 0 heterocycles. The number of aryl methyl sites for hydroxylation is 1. The van der Waals surface area contributed by atoms with Gasteiger partial charge in [-0.3, -0.25) is 4.79 Å². The van der Waals surface area contributed by atoms with Crippen LogP contribution in [0.15, 0.2) is 48.5 Å². The summed E-state index contributed by atoms with van der Waals surface area (Å²) in [5.41, 5.74) is 1.60. The van der Waals surface area contributed by atoms with Crippen LogP contribution in [0.5, 0.6) is 0 Å². The molecule has 2 aromatic carbocycles. The van der Waals surface area contributed by atoms with Crippen LogP contribution in [0, 0.1) is 5.82 Å². The minimum absolute atomic E-state index is 0.0640. The van der Waals surface area contributed by atoms with Gasteiger partial charge in [0, 0.05) is 0 Å². The molecule has 0 saturated heterocycles. The van der Waals surface area contributed by atoms with Crippen molar-refractivity contribution in [2.75, 3.05) is 0 Å². The van der Waals surface area contributed by atoms with Gasteiger partial charge >= 0.3 is 5.97 Å². The van der Waals surface area contributed by atoms with Gasteiger partial charge in [0.2, 0.25) is 0 Å². The molecule has 2 rings (SSSR count). The first-order chi connectivity index (χ1) is 9.58. The lowest BCUT2D eigenvalue weighted by molar-refractivity contribution is -0.138. The Balaban J connectivity index is 2.10. The standard InChI is InChI=1S/C16H14ClFO2/c17-14-10-11(7-9-15(14)18)6-8-13(16(19)20)12-4-2-1-3-5-12/h1-5,7,9-10,13H,6,8H2,(H,19,20). The van der Waals surface area contributed by atoms with Crippen molar-refractivity contribution >= 4 is 17.6 Å². The summed E-state index contributed by atoms with van der Waals surface area (Å²) in [7, 11) is 0. The van der Waals surface area contributed by atoms with Crippen LogP contribution in [0.3, 0.4) is 0 Å². The summed E-state index contributed by atoms with van der Waals surface area (Å²) in [5.74, 6) is -1.89. The molecule has 0 aromatic heterocycles. The lowest BCUT2D eigenvalue weighted by Crippen LogP contribution is -2.12. The van der Waals surface area contributed by atoms with Crippen molar-refractivity contribution in [3.63, 3.8) is 0 Å². The molecule has 0 fully saturated rings. The number of halogens is 2. The van der Waals surface area contributed by atoms with Crippen LogP contribution in [0.4, 0.5) is 4.39 Å². The van der Waals surface area contributed by atoms with Gasteiger partial charge in [0.15, 0.2) is 0 Å². The minimum atomic E-state index is -0.857. The molecule has 104 valence electrons. The van der Waals surface area contributed by atoms with E-state index in [1.807, 2.05) is 18.2 Å². The summed E-state index contributed by atoms with van der Waals surface area (Å²) in [6, 6.07) is 13.6. The second-order valence-corrected chi connectivity index (χ2v) is 5.00. The van der Waals surface area contributed by atoms with E-state index in [0.717, 1.165) is 11.1 Å². The molecule has 0 aliphatic rings. The van der Waals surface area contributed by atoms with Crippen molar-refractivity contribution in [3.8, 4) is 0 Å². The van der Waals surface area contributed by atoms with Crippen LogP contribution in [0.1, 0.15) is 23.5 Å². The average molecular weight is 293 g/mol. The molecule has 0 radical (unpaired) electrons. The maximum Gasteiger partial charge on any atom is 0.310 e. The molecule has 0 aliphatic carbocycles. The molecule has 0 bridgehead atoms. The van der Waals surface area contributed by atoms with E-state index in [9.17, 15) is 14.3 Å². The summed E-state index contributed by atoms with van der Waals surface area (Å²) in [6.45, 7) is 0. The Bertz CT molecular complexity index is 599. The Labute approximate surface area is 121 Å². The highest BCUT2D eigenvalue weighted by atomic mass is 35.5. The minimum Gasteiger partial charge on any atom is -0.481 e. The number of rotatable bonds is 5. The lowest BCUT2D eigenvalue weighted by atomic mass is 9.92. The highest BCUT2D eigenvalue weighted by molar-refractivity contribution is 6.30. The maximum absolute atomic E-state index is 13.1. The van der Waals surface area contributed by atoms with Crippen molar-refractivity contribution in [1.29, 1.82) is 0 Å². The van der Waals surface area contributed by atoms with E-state index in [1.54, 1.807) is 24.3 Å². The zero-order valence-electron chi connectivity index (χ0n) is 10.7. The van der Waals surface area contributed by atoms with Crippen molar-refractivity contribution in [3.05, 3.63) is 70.5 Å². The predicted molar refractivity (Wildman–Crippen MR) is 76.5 cm³/mol. The van der Waals surface area contributed by atoms with Crippen LogP contribution >= 0.6 is 11.6 Å². The first kappa shape index (κ1) is 14.5. The van der Waals surface area contributed by atoms with Gasteiger partial charge in [0.25, 0.3) is 0 Å². The number of hydrogen-bond acceptors (Lipinski definition) is 1. The highest BCUT2D eigenvalue weighted by Crippen LogP contribution is 2.23. The van der Waals surface area contributed by atoms with E-state index in [1.165, 1.54) is 6.07 Å². The summed E-state index contributed by atoms with van der Waals surface area (Å²) in [6.07, 6.45) is 0.979. The highest BCUT2D eigenvalue weighted by Gasteiger charge is 2.19. The molecule has 0 spiro atoms. The Morgan fingerprint density at radius 3 is 2.50 bits per heavy atom. The van der Waals surface area contributed by atoms with Crippen molar-refractivity contribution in [2.24, 2.45) is 0 Å². The molecule has 20 heavy (non-hydrogen) atoms. The van der Waals surface area contributed by atoms with Crippen LogP contribution in [-0.2, 0) is 11.2 Å². The van der Waals surface area contributed by atoms with E-state index in [-0.39, 0.29) is 5.02 Å². The molecule has 1 N–H and O–H groups in total. The second-order valence-electron chi connectivity index (χ2n) is 4.59. The fraction of sp³-hybridized carbons (Fsp3) is 0.188. The maximum atomic E-state index is 13.1.